The van der Waals surface area contributed by atoms with Crippen LogP contribution in [0.2, 0.25) is 0 Å². The molecule has 2 aromatic rings. The van der Waals surface area contributed by atoms with Gasteiger partial charge in [0.05, 0.1) is 0 Å². The van der Waals surface area contributed by atoms with Gasteiger partial charge in [-0.05, 0) is 68.4 Å². The number of carbonyl (C=O) groups excluding carboxylic acids is 2. The summed E-state index contributed by atoms with van der Waals surface area (Å²) in [7, 11) is 0. The largest absolute Gasteiger partial charge is 0.449 e. The predicted octanol–water partition coefficient (Wildman–Crippen LogP) is 5.81. The minimum Gasteiger partial charge on any atom is -0.449 e. The highest BCUT2D eigenvalue weighted by atomic mass is 19.4. The van der Waals surface area contributed by atoms with Crippen LogP contribution in [0.3, 0.4) is 0 Å². The summed E-state index contributed by atoms with van der Waals surface area (Å²) in [5.74, 6) is -0.764. The number of nitrogens with two attached hydrogens (primary N) is 1. The van der Waals surface area contributed by atoms with E-state index in [4.69, 9.17) is 10.5 Å². The lowest BCUT2D eigenvalue weighted by atomic mass is 9.77. The molecule has 10 heteroatoms. The van der Waals surface area contributed by atoms with Crippen LogP contribution in [0.1, 0.15) is 74.4 Å². The number of carbonyl (C=O) groups is 2. The number of alkyl halides is 3. The molecule has 0 aromatic heterocycles. The number of aliphatic hydroxyl groups is 1. The highest BCUT2D eigenvalue weighted by molar-refractivity contribution is 5.95. The normalized spacial score (nSPS) is 17.7. The molecule has 1 aliphatic carbocycles. The molecule has 3 N–H and O–H groups in total. The van der Waals surface area contributed by atoms with Crippen LogP contribution >= 0.6 is 0 Å². The summed E-state index contributed by atoms with van der Waals surface area (Å²) in [5, 5.41) is 9.94. The molecule has 38 heavy (non-hydrogen) atoms. The number of amides is 2. The molecule has 6 nitrogen and oxygen atoms in total. The Hall–Kier alpha value is -3.14. The van der Waals surface area contributed by atoms with E-state index in [1.165, 1.54) is 18.2 Å². The third-order valence-corrected chi connectivity index (χ3v) is 7.37. The van der Waals surface area contributed by atoms with E-state index >= 15 is 0 Å². The second-order valence-electron chi connectivity index (χ2n) is 10.3. The molecule has 1 saturated carbocycles. The monoisotopic (exact) mass is 538 g/mol. The number of rotatable bonds is 11. The molecule has 2 aromatic carbocycles. The molecule has 1 fully saturated rings. The van der Waals surface area contributed by atoms with Crippen LogP contribution in [0.4, 0.5) is 22.4 Å². The standard InChI is InChI=1S/C28H34F4N2O4/c1-4-20(15-16-26(2,17-38-25(33)36)22-7-5-6-8-23(22)29)34(21-13-14-21)24(35)18-9-11-19(12-10-18)27(3,37)28(30,31)32/h5-12,20-21,37H,4,13-17H2,1-3H3,(H2,33,36)/t20?,26-,27+/m1/s1. The maximum atomic E-state index is 14.7. The van der Waals surface area contributed by atoms with E-state index in [0.717, 1.165) is 25.0 Å². The van der Waals surface area contributed by atoms with E-state index in [1.807, 2.05) is 6.92 Å². The molecule has 0 radical (unpaired) electrons. The number of benzene rings is 2. The average molecular weight is 539 g/mol. The van der Waals surface area contributed by atoms with Gasteiger partial charge in [0.15, 0.2) is 5.60 Å². The van der Waals surface area contributed by atoms with E-state index in [0.29, 0.717) is 31.7 Å². The summed E-state index contributed by atoms with van der Waals surface area (Å²) in [6.07, 6.45) is -2.79. The maximum absolute atomic E-state index is 14.7. The fourth-order valence-corrected chi connectivity index (χ4v) is 4.72. The quantitative estimate of drug-likeness (QED) is 0.353. The van der Waals surface area contributed by atoms with Gasteiger partial charge in [-0.2, -0.15) is 13.2 Å². The van der Waals surface area contributed by atoms with Gasteiger partial charge in [-0.25, -0.2) is 9.18 Å². The van der Waals surface area contributed by atoms with Crippen molar-refractivity contribution in [3.63, 3.8) is 0 Å². The average Bonchev–Trinajstić information content (AvgIpc) is 3.69. The number of hydrogen-bond donors (Lipinski definition) is 2. The summed E-state index contributed by atoms with van der Waals surface area (Å²) in [5.41, 5.74) is 1.45. The van der Waals surface area contributed by atoms with Crippen molar-refractivity contribution >= 4 is 12.0 Å². The van der Waals surface area contributed by atoms with Gasteiger partial charge in [0.25, 0.3) is 5.91 Å². The second kappa shape index (κ2) is 11.3. The first-order valence-electron chi connectivity index (χ1n) is 12.6. The minimum atomic E-state index is -4.87. The third kappa shape index (κ3) is 6.46. The summed E-state index contributed by atoms with van der Waals surface area (Å²) in [6.45, 7) is 4.23. The fraction of sp³-hybridized carbons (Fsp3) is 0.500. The Bertz CT molecular complexity index is 1130. The van der Waals surface area contributed by atoms with Crippen LogP contribution in [-0.4, -0.2) is 46.9 Å². The summed E-state index contributed by atoms with van der Waals surface area (Å²) in [4.78, 5) is 26.6. The molecular formula is C28H34F4N2O4. The van der Waals surface area contributed by atoms with Crippen LogP contribution in [0.15, 0.2) is 48.5 Å². The first-order valence-corrected chi connectivity index (χ1v) is 12.6. The molecule has 3 rings (SSSR count). The lowest BCUT2D eigenvalue weighted by molar-refractivity contribution is -0.258. The van der Waals surface area contributed by atoms with Gasteiger partial charge in [-0.3, -0.25) is 4.79 Å². The van der Waals surface area contributed by atoms with E-state index in [1.54, 1.807) is 30.0 Å². The lowest BCUT2D eigenvalue weighted by Gasteiger charge is -2.36. The smallest absolute Gasteiger partial charge is 0.421 e. The zero-order valence-electron chi connectivity index (χ0n) is 21.7. The predicted molar refractivity (Wildman–Crippen MR) is 134 cm³/mol. The highest BCUT2D eigenvalue weighted by Gasteiger charge is 2.51. The van der Waals surface area contributed by atoms with Gasteiger partial charge < -0.3 is 20.5 Å². The number of nitrogens with zero attached hydrogens (tertiary/aromatic N) is 1. The molecule has 3 atom stereocenters. The number of halogens is 4. The van der Waals surface area contributed by atoms with Gasteiger partial charge in [0.2, 0.25) is 0 Å². The summed E-state index contributed by atoms with van der Waals surface area (Å²) >= 11 is 0. The molecule has 0 heterocycles. The van der Waals surface area contributed by atoms with Crippen molar-refractivity contribution < 1.29 is 37.0 Å². The molecule has 2 amide bonds. The van der Waals surface area contributed by atoms with Crippen LogP contribution in [0.25, 0.3) is 0 Å². The molecular weight excluding hydrogens is 504 g/mol. The van der Waals surface area contributed by atoms with Crippen molar-refractivity contribution in [2.75, 3.05) is 6.61 Å². The van der Waals surface area contributed by atoms with Crippen molar-refractivity contribution in [1.29, 1.82) is 0 Å². The van der Waals surface area contributed by atoms with Gasteiger partial charge >= 0.3 is 12.3 Å². The molecule has 0 spiro atoms. The molecule has 208 valence electrons. The van der Waals surface area contributed by atoms with Crippen molar-refractivity contribution in [2.45, 2.75) is 82.2 Å². The molecule has 0 saturated heterocycles. The third-order valence-electron chi connectivity index (χ3n) is 7.37. The Morgan fingerprint density at radius 1 is 1.11 bits per heavy atom. The van der Waals surface area contributed by atoms with E-state index in [2.05, 4.69) is 0 Å². The minimum absolute atomic E-state index is 0.00741. The fourth-order valence-electron chi connectivity index (χ4n) is 4.72. The highest BCUT2D eigenvalue weighted by Crippen LogP contribution is 2.39. The Morgan fingerprint density at radius 3 is 2.21 bits per heavy atom. The molecule has 0 aliphatic heterocycles. The number of primary amides is 1. The van der Waals surface area contributed by atoms with Gasteiger partial charge in [-0.1, -0.05) is 44.2 Å². The van der Waals surface area contributed by atoms with Crippen LogP contribution in [-0.2, 0) is 15.8 Å². The van der Waals surface area contributed by atoms with Gasteiger partial charge in [0.1, 0.15) is 12.4 Å². The molecule has 1 aliphatic rings. The van der Waals surface area contributed by atoms with Gasteiger partial charge in [-0.15, -0.1) is 0 Å². The first kappa shape index (κ1) is 29.4. The number of ether oxygens (including phenoxy) is 1. The zero-order chi connectivity index (χ0) is 28.3. The lowest BCUT2D eigenvalue weighted by Crippen LogP contribution is -2.43. The Balaban J connectivity index is 1.83. The maximum Gasteiger partial charge on any atom is 0.421 e. The van der Waals surface area contributed by atoms with Crippen LogP contribution < -0.4 is 5.73 Å². The van der Waals surface area contributed by atoms with Gasteiger partial charge in [0, 0.05) is 23.1 Å². The van der Waals surface area contributed by atoms with E-state index in [-0.39, 0.29) is 35.7 Å². The Labute approximate surface area is 219 Å². The first-order chi connectivity index (χ1) is 17.7. The second-order valence-corrected chi connectivity index (χ2v) is 10.3. The Kier molecular flexibility index (Phi) is 8.75. The van der Waals surface area contributed by atoms with E-state index in [9.17, 15) is 32.3 Å². The van der Waals surface area contributed by atoms with Crippen molar-refractivity contribution in [3.05, 3.63) is 71.0 Å². The summed E-state index contributed by atoms with van der Waals surface area (Å²) < 4.78 is 59.5. The summed E-state index contributed by atoms with van der Waals surface area (Å²) in [6, 6.07) is 10.8. The zero-order valence-corrected chi connectivity index (χ0v) is 21.7. The topological polar surface area (TPSA) is 92.9 Å². The van der Waals surface area contributed by atoms with Crippen LogP contribution in [0.5, 0.6) is 0 Å². The van der Waals surface area contributed by atoms with Crippen LogP contribution in [0, 0.1) is 5.82 Å². The van der Waals surface area contributed by atoms with Crippen molar-refractivity contribution in [2.24, 2.45) is 5.73 Å². The van der Waals surface area contributed by atoms with Crippen molar-refractivity contribution in [1.82, 2.24) is 4.90 Å². The van der Waals surface area contributed by atoms with E-state index < -0.39 is 29.1 Å². The molecule has 1 unspecified atom stereocenters. The molecule has 0 bridgehead atoms. The SMILES string of the molecule is CCC(CC[C@](C)(COC(N)=O)c1ccccc1F)N(C(=O)c1ccc([C@](C)(O)C(F)(F)F)cc1)C1CC1. The Morgan fingerprint density at radius 2 is 1.71 bits per heavy atom. The van der Waals surface area contributed by atoms with Crippen molar-refractivity contribution in [3.8, 4) is 0 Å². The number of hydrogen-bond acceptors (Lipinski definition) is 4.